The van der Waals surface area contributed by atoms with Gasteiger partial charge in [0.25, 0.3) is 5.91 Å². The predicted octanol–water partition coefficient (Wildman–Crippen LogP) is 0.0126. The molecule has 0 saturated heterocycles. The molecule has 1 aromatic rings. The molecule has 0 aliphatic carbocycles. The van der Waals surface area contributed by atoms with Gasteiger partial charge in [-0.05, 0) is 26.0 Å². The van der Waals surface area contributed by atoms with Gasteiger partial charge >= 0.3 is 0 Å². The van der Waals surface area contributed by atoms with E-state index in [1.54, 1.807) is 12.1 Å². The molecular weight excluding hydrogens is 274 g/mol. The Balaban J connectivity index is 2.36. The molecule has 1 aromatic carbocycles. The number of amides is 1. The number of hydrogen-bond acceptors (Lipinski definition) is 1. The van der Waals surface area contributed by atoms with Gasteiger partial charge in [0, 0.05) is 0 Å². The van der Waals surface area contributed by atoms with Crippen molar-refractivity contribution in [3.05, 3.63) is 29.3 Å². The van der Waals surface area contributed by atoms with Gasteiger partial charge in [0.05, 0.1) is 43.3 Å². The minimum atomic E-state index is -0.0221. The van der Waals surface area contributed by atoms with Crippen molar-refractivity contribution < 1.29 is 15.0 Å². The Bertz CT molecular complexity index is 446. The summed E-state index contributed by atoms with van der Waals surface area (Å²) in [5, 5.41) is 5.45. The van der Waals surface area contributed by atoms with Crippen LogP contribution in [-0.4, -0.2) is 39.6 Å². The molecule has 0 atom stereocenters. The maximum atomic E-state index is 11.9. The molecule has 4 N–H and O–H groups in total. The van der Waals surface area contributed by atoms with Crippen LogP contribution in [0.3, 0.4) is 0 Å². The van der Waals surface area contributed by atoms with Crippen molar-refractivity contribution in [2.45, 2.75) is 13.8 Å². The monoisotopic (exact) mass is 299 g/mol. The number of para-hydroxylation sites is 1. The van der Waals surface area contributed by atoms with E-state index in [-0.39, 0.29) is 11.3 Å². The first-order chi connectivity index (χ1) is 9.30. The maximum absolute atomic E-state index is 11.9. The average molecular weight is 300 g/mol. The first-order valence-electron chi connectivity index (χ1n) is 6.95. The third kappa shape index (κ3) is 6.37. The summed E-state index contributed by atoms with van der Waals surface area (Å²) in [7, 11) is 4.29. The first kappa shape index (κ1) is 17.0. The highest BCUT2D eigenvalue weighted by molar-refractivity contribution is 6.33. The molecular formula is C15H26ClN3O+2. The summed E-state index contributed by atoms with van der Waals surface area (Å²) in [5.74, 6) is -0.0221. The summed E-state index contributed by atoms with van der Waals surface area (Å²) in [4.78, 5) is 13.3. The van der Waals surface area contributed by atoms with E-state index in [2.05, 4.69) is 38.6 Å². The molecule has 112 valence electrons. The van der Waals surface area contributed by atoms with Crippen LogP contribution in [0.2, 0.25) is 5.02 Å². The second-order valence-corrected chi connectivity index (χ2v) is 6.68. The lowest BCUT2D eigenvalue weighted by Crippen LogP contribution is -3.08. The Labute approximate surface area is 126 Å². The molecule has 0 heterocycles. The summed E-state index contributed by atoms with van der Waals surface area (Å²) in [6.07, 6.45) is 0. The summed E-state index contributed by atoms with van der Waals surface area (Å²) in [5.41, 5.74) is 0.883. The zero-order valence-electron chi connectivity index (χ0n) is 12.8. The number of carbonyl (C=O) groups excluding carboxylic acids is 1. The van der Waals surface area contributed by atoms with Crippen LogP contribution in [0.25, 0.3) is 0 Å². The Hall–Kier alpha value is -1.10. The van der Waals surface area contributed by atoms with Crippen LogP contribution in [0, 0.1) is 5.41 Å². The standard InChI is InChI=1S/C15H24ClN3O/c1-15(2,11-19(3)4)10-17-9-14(20)18-13-8-6-5-7-12(13)16/h5-8,17H,9-11H2,1-4H3,(H,18,20)/p+2. The lowest BCUT2D eigenvalue weighted by atomic mass is 9.93. The quantitative estimate of drug-likeness (QED) is 0.653. The number of nitrogens with two attached hydrogens (primary N) is 1. The van der Waals surface area contributed by atoms with Crippen LogP contribution in [0.4, 0.5) is 5.69 Å². The smallest absolute Gasteiger partial charge is 0.279 e. The molecule has 0 aromatic heterocycles. The van der Waals surface area contributed by atoms with Gasteiger partial charge in [-0.15, -0.1) is 0 Å². The Morgan fingerprint density at radius 2 is 2.00 bits per heavy atom. The number of nitrogens with one attached hydrogen (secondary N) is 2. The molecule has 0 saturated carbocycles. The second kappa shape index (κ2) is 7.62. The van der Waals surface area contributed by atoms with E-state index in [0.29, 0.717) is 17.3 Å². The number of carbonyl (C=O) groups is 1. The number of benzene rings is 1. The molecule has 0 spiro atoms. The SMILES string of the molecule is C[NH+](C)CC(C)(C)C[NH2+]CC(=O)Nc1ccccc1Cl. The van der Waals surface area contributed by atoms with Gasteiger partial charge in [-0.3, -0.25) is 4.79 Å². The van der Waals surface area contributed by atoms with Crippen LogP contribution in [0.15, 0.2) is 24.3 Å². The van der Waals surface area contributed by atoms with Crippen LogP contribution >= 0.6 is 11.6 Å². The van der Waals surface area contributed by atoms with Crippen molar-refractivity contribution in [2.24, 2.45) is 5.41 Å². The molecule has 20 heavy (non-hydrogen) atoms. The van der Waals surface area contributed by atoms with E-state index in [4.69, 9.17) is 11.6 Å². The topological polar surface area (TPSA) is 50.2 Å². The summed E-state index contributed by atoms with van der Waals surface area (Å²) in [6.45, 7) is 6.87. The van der Waals surface area contributed by atoms with Gasteiger partial charge in [0.1, 0.15) is 0 Å². The van der Waals surface area contributed by atoms with E-state index in [0.717, 1.165) is 13.1 Å². The van der Waals surface area contributed by atoms with Gasteiger partial charge < -0.3 is 15.5 Å². The van der Waals surface area contributed by atoms with Crippen molar-refractivity contribution in [3.8, 4) is 0 Å². The number of rotatable bonds is 7. The van der Waals surface area contributed by atoms with Crippen LogP contribution in [-0.2, 0) is 4.79 Å². The molecule has 5 heteroatoms. The van der Waals surface area contributed by atoms with Crippen molar-refractivity contribution >= 4 is 23.2 Å². The number of quaternary nitrogens is 2. The number of hydrogen-bond donors (Lipinski definition) is 3. The van der Waals surface area contributed by atoms with E-state index < -0.39 is 0 Å². The van der Waals surface area contributed by atoms with Gasteiger partial charge in [-0.1, -0.05) is 23.7 Å². The fourth-order valence-corrected chi connectivity index (χ4v) is 2.57. The molecule has 4 nitrogen and oxygen atoms in total. The summed E-state index contributed by atoms with van der Waals surface area (Å²) in [6, 6.07) is 7.27. The third-order valence-electron chi connectivity index (χ3n) is 3.01. The van der Waals surface area contributed by atoms with Gasteiger partial charge in [0.2, 0.25) is 0 Å². The maximum Gasteiger partial charge on any atom is 0.279 e. The molecule has 0 bridgehead atoms. The zero-order valence-corrected chi connectivity index (χ0v) is 13.6. The third-order valence-corrected chi connectivity index (χ3v) is 3.34. The predicted molar refractivity (Wildman–Crippen MR) is 83.2 cm³/mol. The summed E-state index contributed by atoms with van der Waals surface area (Å²) >= 11 is 6.00. The van der Waals surface area contributed by atoms with E-state index in [1.165, 1.54) is 4.90 Å². The molecule has 0 fully saturated rings. The first-order valence-corrected chi connectivity index (χ1v) is 7.33. The molecule has 0 aliphatic heterocycles. The Morgan fingerprint density at radius 1 is 1.35 bits per heavy atom. The number of halogens is 1. The molecule has 1 rings (SSSR count). The fraction of sp³-hybridized carbons (Fsp3) is 0.533. The van der Waals surface area contributed by atoms with Crippen molar-refractivity contribution in [1.29, 1.82) is 0 Å². The normalized spacial score (nSPS) is 11.7. The fourth-order valence-electron chi connectivity index (χ4n) is 2.39. The van der Waals surface area contributed by atoms with E-state index >= 15 is 0 Å². The summed E-state index contributed by atoms with van der Waals surface area (Å²) < 4.78 is 0. The van der Waals surface area contributed by atoms with Crippen LogP contribution < -0.4 is 15.5 Å². The van der Waals surface area contributed by atoms with Gasteiger partial charge in [-0.25, -0.2) is 0 Å². The largest absolute Gasteiger partial charge is 0.339 e. The van der Waals surface area contributed by atoms with Crippen molar-refractivity contribution in [1.82, 2.24) is 0 Å². The highest BCUT2D eigenvalue weighted by Gasteiger charge is 2.24. The highest BCUT2D eigenvalue weighted by Crippen LogP contribution is 2.19. The van der Waals surface area contributed by atoms with Gasteiger partial charge in [0.15, 0.2) is 6.54 Å². The highest BCUT2D eigenvalue weighted by atomic mass is 35.5. The Morgan fingerprint density at radius 3 is 2.60 bits per heavy atom. The number of anilines is 1. The lowest BCUT2D eigenvalue weighted by molar-refractivity contribution is -0.868. The van der Waals surface area contributed by atoms with Crippen molar-refractivity contribution in [3.63, 3.8) is 0 Å². The van der Waals surface area contributed by atoms with Gasteiger partial charge in [-0.2, -0.15) is 0 Å². The van der Waals surface area contributed by atoms with E-state index in [1.807, 2.05) is 12.1 Å². The van der Waals surface area contributed by atoms with Crippen LogP contribution in [0.1, 0.15) is 13.8 Å². The van der Waals surface area contributed by atoms with Crippen molar-refractivity contribution in [2.75, 3.05) is 39.0 Å². The zero-order chi connectivity index (χ0) is 15.2. The Kier molecular flexibility index (Phi) is 6.46. The average Bonchev–Trinajstić information content (AvgIpc) is 2.30. The van der Waals surface area contributed by atoms with E-state index in [9.17, 15) is 4.79 Å². The molecule has 0 unspecified atom stereocenters. The second-order valence-electron chi connectivity index (χ2n) is 6.27. The lowest BCUT2D eigenvalue weighted by Gasteiger charge is -2.23. The molecule has 1 amide bonds. The molecule has 0 aliphatic rings. The van der Waals surface area contributed by atoms with Crippen LogP contribution in [0.5, 0.6) is 0 Å². The minimum absolute atomic E-state index is 0.0221. The molecule has 0 radical (unpaired) electrons. The minimum Gasteiger partial charge on any atom is -0.339 e.